The van der Waals surface area contributed by atoms with Crippen molar-refractivity contribution >= 4 is 37.6 Å². The molecule has 0 saturated carbocycles. The van der Waals surface area contributed by atoms with Crippen LogP contribution in [0.5, 0.6) is 0 Å². The van der Waals surface area contributed by atoms with Gasteiger partial charge in [-0.1, -0.05) is 0 Å². The Labute approximate surface area is 120 Å². The summed E-state index contributed by atoms with van der Waals surface area (Å²) < 4.78 is 0. The first-order valence-corrected chi connectivity index (χ1v) is 19.3. The molecule has 1 rings (SSSR count). The van der Waals surface area contributed by atoms with E-state index in [2.05, 4.69) is 60.2 Å². The van der Waals surface area contributed by atoms with Crippen molar-refractivity contribution in [2.45, 2.75) is 78.0 Å². The summed E-state index contributed by atoms with van der Waals surface area (Å²) in [5.74, 6) is 0. The first kappa shape index (κ1) is 16.9. The van der Waals surface area contributed by atoms with Crippen molar-refractivity contribution in [3.63, 3.8) is 0 Å². The molecule has 102 valence electrons. The van der Waals surface area contributed by atoms with Crippen LogP contribution in [0.15, 0.2) is 0 Å². The van der Waals surface area contributed by atoms with Gasteiger partial charge in [0.05, 0.1) is 0 Å². The van der Waals surface area contributed by atoms with E-state index in [1.165, 1.54) is 0 Å². The first-order chi connectivity index (χ1) is 7.69. The quantitative estimate of drug-likeness (QED) is 0.543. The second-order valence-corrected chi connectivity index (χ2v) is 33.3. The Hall–Kier alpha value is 1.86. The zero-order chi connectivity index (χ0) is 13.4. The molecule has 1 nitrogen and oxygen atoms in total. The van der Waals surface area contributed by atoms with E-state index in [0.717, 1.165) is 48.0 Å². The van der Waals surface area contributed by atoms with Crippen molar-refractivity contribution in [1.29, 1.82) is 0 Å². The van der Waals surface area contributed by atoms with Crippen LogP contribution in [-0.4, -0.2) is 48.0 Å². The maximum atomic E-state index is 4.39. The van der Waals surface area contributed by atoms with Gasteiger partial charge in [-0.2, -0.15) is 0 Å². The molecule has 1 fully saturated rings. The molecule has 17 heavy (non-hydrogen) atoms. The summed E-state index contributed by atoms with van der Waals surface area (Å²) in [6.07, 6.45) is -1.66. The molecule has 5 heteroatoms. The van der Waals surface area contributed by atoms with E-state index < -0.39 is 12.2 Å². The fourth-order valence-electron chi connectivity index (χ4n) is 2.39. The molecule has 1 heterocycles. The zero-order valence-corrected chi connectivity index (χ0v) is 17.7. The molecule has 1 saturated heterocycles. The standard InChI is InChI=1S/C12H29NP2Se2/c1-9(2)14(10(3)4)13-15(11(5)6,12(7)8)17-16-14/h9-13H,1-8H3/q+2. The van der Waals surface area contributed by atoms with Crippen LogP contribution >= 0.6 is 12.2 Å². The second-order valence-electron chi connectivity index (χ2n) is 6.04. The van der Waals surface area contributed by atoms with Gasteiger partial charge in [-0.15, -0.1) is 0 Å². The average molecular weight is 407 g/mol. The Morgan fingerprint density at radius 3 is 0.941 bits per heavy atom. The van der Waals surface area contributed by atoms with E-state index in [4.69, 9.17) is 0 Å². The van der Waals surface area contributed by atoms with E-state index in [-0.39, 0.29) is 0 Å². The molecule has 0 unspecified atom stereocenters. The molecule has 1 aliphatic rings. The third-order valence-electron chi connectivity index (χ3n) is 3.66. The molecule has 0 bridgehead atoms. The van der Waals surface area contributed by atoms with Crippen LogP contribution in [0, 0.1) is 0 Å². The van der Waals surface area contributed by atoms with Gasteiger partial charge in [-0.3, -0.25) is 0 Å². The van der Waals surface area contributed by atoms with Crippen LogP contribution in [0.3, 0.4) is 0 Å². The predicted molar refractivity (Wildman–Crippen MR) is 89.0 cm³/mol. The molecule has 0 aliphatic carbocycles. The van der Waals surface area contributed by atoms with E-state index in [0.29, 0.717) is 0 Å². The van der Waals surface area contributed by atoms with Crippen molar-refractivity contribution in [2.24, 2.45) is 0 Å². The average Bonchev–Trinajstić information content (AvgIpc) is 2.59. The maximum absolute atomic E-state index is 4.39. The molecule has 0 atom stereocenters. The Balaban J connectivity index is 3.06. The molecular formula is C12H29NP2Se2+2. The van der Waals surface area contributed by atoms with Crippen LogP contribution in [0.2, 0.25) is 0 Å². The van der Waals surface area contributed by atoms with E-state index >= 15 is 0 Å². The molecule has 0 aromatic heterocycles. The number of hydrogen-bond acceptors (Lipinski definition) is 1. The van der Waals surface area contributed by atoms with Gasteiger partial charge in [0.25, 0.3) is 0 Å². The van der Waals surface area contributed by atoms with E-state index in [1.807, 2.05) is 0 Å². The monoisotopic (exact) mass is 409 g/mol. The van der Waals surface area contributed by atoms with Gasteiger partial charge in [-0.25, -0.2) is 0 Å². The summed E-state index contributed by atoms with van der Waals surface area (Å²) >= 11 is 1.87. The van der Waals surface area contributed by atoms with Crippen molar-refractivity contribution in [3.05, 3.63) is 0 Å². The van der Waals surface area contributed by atoms with Gasteiger partial charge in [0.15, 0.2) is 0 Å². The van der Waals surface area contributed by atoms with Crippen LogP contribution in [0.1, 0.15) is 55.4 Å². The molecule has 0 aromatic carbocycles. The zero-order valence-electron chi connectivity index (χ0n) is 12.5. The van der Waals surface area contributed by atoms with Crippen LogP contribution in [0.25, 0.3) is 0 Å². The summed E-state index contributed by atoms with van der Waals surface area (Å²) in [7, 11) is 0. The summed E-state index contributed by atoms with van der Waals surface area (Å²) in [6.45, 7) is 19.8. The second kappa shape index (κ2) is 6.09. The molecule has 0 aromatic rings. The van der Waals surface area contributed by atoms with Crippen LogP contribution in [-0.2, 0) is 0 Å². The first-order valence-electron chi connectivity index (χ1n) is 6.63. The summed E-state index contributed by atoms with van der Waals surface area (Å²) in [5, 5.41) is 0. The minimum atomic E-state index is -0.830. The topological polar surface area (TPSA) is 12.0 Å². The van der Waals surface area contributed by atoms with Gasteiger partial charge in [0, 0.05) is 0 Å². The molecular weight excluding hydrogens is 378 g/mol. The minimum absolute atomic E-state index is 0.830. The summed E-state index contributed by atoms with van der Waals surface area (Å²) in [5.41, 5.74) is 3.57. The van der Waals surface area contributed by atoms with Gasteiger partial charge in [-0.05, 0) is 0 Å². The van der Waals surface area contributed by atoms with Gasteiger partial charge in [0.1, 0.15) is 0 Å². The van der Waals surface area contributed by atoms with Gasteiger partial charge in [0.2, 0.25) is 0 Å². The third-order valence-corrected chi connectivity index (χ3v) is 53.8. The van der Waals surface area contributed by atoms with Crippen molar-refractivity contribution in [1.82, 2.24) is 4.86 Å². The SMILES string of the molecule is CC(C)[P+]1(C(C)C)N[P+](C(C)C)(C(C)C)[Se][Se]1. The van der Waals surface area contributed by atoms with Gasteiger partial charge >= 0.3 is 120 Å². The summed E-state index contributed by atoms with van der Waals surface area (Å²) in [6, 6.07) is 0. The van der Waals surface area contributed by atoms with E-state index in [9.17, 15) is 0 Å². The Morgan fingerprint density at radius 2 is 0.824 bits per heavy atom. The van der Waals surface area contributed by atoms with Crippen molar-refractivity contribution in [3.8, 4) is 0 Å². The summed E-state index contributed by atoms with van der Waals surface area (Å²) in [4.78, 5) is 4.39. The predicted octanol–water partition coefficient (Wildman–Crippen LogP) is 4.24. The van der Waals surface area contributed by atoms with Crippen molar-refractivity contribution in [2.75, 3.05) is 0 Å². The molecule has 0 radical (unpaired) electrons. The Morgan fingerprint density at radius 1 is 0.588 bits per heavy atom. The molecule has 0 spiro atoms. The van der Waals surface area contributed by atoms with Gasteiger partial charge < -0.3 is 0 Å². The Kier molecular flexibility index (Phi) is 6.06. The number of rotatable bonds is 4. The van der Waals surface area contributed by atoms with Crippen molar-refractivity contribution < 1.29 is 0 Å². The fourth-order valence-corrected chi connectivity index (χ4v) is 80.2. The van der Waals surface area contributed by atoms with Crippen LogP contribution in [0.4, 0.5) is 0 Å². The molecule has 1 aliphatic heterocycles. The number of hydrogen-bond donors (Lipinski definition) is 1. The molecule has 0 amide bonds. The Bertz CT molecular complexity index is 225. The van der Waals surface area contributed by atoms with E-state index in [1.54, 1.807) is 0 Å². The van der Waals surface area contributed by atoms with Crippen LogP contribution < -0.4 is 4.86 Å². The number of nitrogens with one attached hydrogen (secondary N) is 1. The fraction of sp³-hybridized carbons (Fsp3) is 1.00. The molecule has 1 N–H and O–H groups in total. The normalized spacial score (nSPS) is 23.3. The third kappa shape index (κ3) is 2.97.